The van der Waals surface area contributed by atoms with Crippen LogP contribution in [0.25, 0.3) is 0 Å². The van der Waals surface area contributed by atoms with Gasteiger partial charge >= 0.3 is 0 Å². The van der Waals surface area contributed by atoms with Crippen molar-refractivity contribution in [1.82, 2.24) is 5.32 Å². The predicted octanol–water partition coefficient (Wildman–Crippen LogP) is 1.46. The molecule has 1 N–H and O–H groups in total. The van der Waals surface area contributed by atoms with Gasteiger partial charge in [-0.3, -0.25) is 0 Å². The fourth-order valence-electron chi connectivity index (χ4n) is 0.951. The van der Waals surface area contributed by atoms with Crippen LogP contribution in [0.2, 0.25) is 0 Å². The number of nitrogens with one attached hydrogen (secondary N) is 1. The molecule has 0 aliphatic heterocycles. The van der Waals surface area contributed by atoms with Crippen LogP contribution in [0.3, 0.4) is 0 Å². The largest absolute Gasteiger partial charge is 0.488 e. The van der Waals surface area contributed by atoms with Gasteiger partial charge < -0.3 is 10.1 Å². The molecule has 1 rings (SSSR count). The van der Waals surface area contributed by atoms with E-state index in [0.717, 1.165) is 12.1 Å². The molecule has 0 saturated carbocycles. The molecule has 0 aromatic heterocycles. The maximum atomic E-state index is 13.0. The van der Waals surface area contributed by atoms with Gasteiger partial charge in [0.2, 0.25) is 0 Å². The van der Waals surface area contributed by atoms with Gasteiger partial charge in [-0.2, -0.15) is 5.26 Å². The van der Waals surface area contributed by atoms with Crippen LogP contribution in [0.5, 0.6) is 5.75 Å². The first kappa shape index (κ1) is 11.4. The standard InChI is InChI=1S/C10H10F2N2O/c1-14-8(5-13)6-15-10-3-2-7(11)4-9(10)12/h2-4,8,14H,6H2,1H3. The zero-order chi connectivity index (χ0) is 11.3. The number of ether oxygens (including phenoxy) is 1. The number of nitrogens with zero attached hydrogens (tertiary/aromatic N) is 1. The average molecular weight is 212 g/mol. The van der Waals surface area contributed by atoms with Crippen LogP contribution in [0.1, 0.15) is 0 Å². The van der Waals surface area contributed by atoms with Gasteiger partial charge in [0.05, 0.1) is 6.07 Å². The van der Waals surface area contributed by atoms with E-state index in [1.54, 1.807) is 7.05 Å². The molecule has 0 bridgehead atoms. The van der Waals surface area contributed by atoms with Gasteiger partial charge in [-0.1, -0.05) is 0 Å². The molecule has 0 aliphatic carbocycles. The highest BCUT2D eigenvalue weighted by Gasteiger charge is 2.08. The van der Waals surface area contributed by atoms with Crippen molar-refractivity contribution in [1.29, 1.82) is 5.26 Å². The minimum absolute atomic E-state index is 0.00948. The second-order valence-electron chi connectivity index (χ2n) is 2.86. The third-order valence-electron chi connectivity index (χ3n) is 1.80. The number of halogens is 2. The lowest BCUT2D eigenvalue weighted by molar-refractivity contribution is 0.280. The zero-order valence-electron chi connectivity index (χ0n) is 8.13. The summed E-state index contributed by atoms with van der Waals surface area (Å²) in [6.07, 6.45) is 0. The first-order valence-electron chi connectivity index (χ1n) is 4.32. The summed E-state index contributed by atoms with van der Waals surface area (Å²) in [4.78, 5) is 0. The molecule has 5 heteroatoms. The number of benzene rings is 1. The number of likely N-dealkylation sites (N-methyl/N-ethyl adjacent to an activating group) is 1. The highest BCUT2D eigenvalue weighted by Crippen LogP contribution is 2.17. The minimum atomic E-state index is -0.775. The first-order valence-corrected chi connectivity index (χ1v) is 4.32. The molecule has 0 aliphatic rings. The lowest BCUT2D eigenvalue weighted by Crippen LogP contribution is -2.30. The summed E-state index contributed by atoms with van der Waals surface area (Å²) in [6, 6.07) is 4.42. The first-order chi connectivity index (χ1) is 7.17. The van der Waals surface area contributed by atoms with Gasteiger partial charge in [-0.25, -0.2) is 8.78 Å². The highest BCUT2D eigenvalue weighted by molar-refractivity contribution is 5.24. The molecule has 1 atom stereocenters. The van der Waals surface area contributed by atoms with Gasteiger partial charge in [0.15, 0.2) is 11.6 Å². The second kappa shape index (κ2) is 5.27. The number of nitriles is 1. The molecule has 0 heterocycles. The van der Waals surface area contributed by atoms with Crippen molar-refractivity contribution in [2.75, 3.05) is 13.7 Å². The molecule has 0 radical (unpaired) electrons. The van der Waals surface area contributed by atoms with E-state index in [-0.39, 0.29) is 12.4 Å². The van der Waals surface area contributed by atoms with Crippen LogP contribution in [0.15, 0.2) is 18.2 Å². The topological polar surface area (TPSA) is 45.0 Å². The lowest BCUT2D eigenvalue weighted by atomic mass is 10.3. The van der Waals surface area contributed by atoms with E-state index < -0.39 is 17.7 Å². The Kier molecular flexibility index (Phi) is 4.01. The summed E-state index contributed by atoms with van der Waals surface area (Å²) in [5, 5.41) is 11.2. The maximum Gasteiger partial charge on any atom is 0.167 e. The van der Waals surface area contributed by atoms with Crippen LogP contribution in [0.4, 0.5) is 8.78 Å². The second-order valence-corrected chi connectivity index (χ2v) is 2.86. The lowest BCUT2D eigenvalue weighted by Gasteiger charge is -2.10. The minimum Gasteiger partial charge on any atom is -0.488 e. The van der Waals surface area contributed by atoms with Crippen molar-refractivity contribution < 1.29 is 13.5 Å². The Labute approximate surface area is 86.3 Å². The third kappa shape index (κ3) is 3.18. The highest BCUT2D eigenvalue weighted by atomic mass is 19.1. The van der Waals surface area contributed by atoms with Crippen LogP contribution < -0.4 is 10.1 Å². The smallest absolute Gasteiger partial charge is 0.167 e. The Bertz CT molecular complexity index is 376. The molecule has 1 aromatic carbocycles. The molecule has 15 heavy (non-hydrogen) atoms. The van der Waals surface area contributed by atoms with Crippen LogP contribution in [-0.2, 0) is 0 Å². The monoisotopic (exact) mass is 212 g/mol. The summed E-state index contributed by atoms with van der Waals surface area (Å²) < 4.78 is 30.6. The van der Waals surface area contributed by atoms with E-state index in [9.17, 15) is 8.78 Å². The SMILES string of the molecule is CNC(C#N)COc1ccc(F)cc1F. The van der Waals surface area contributed by atoms with Crippen LogP contribution in [0, 0.1) is 23.0 Å². The maximum absolute atomic E-state index is 13.0. The summed E-state index contributed by atoms with van der Waals surface area (Å²) in [6.45, 7) is 0.00948. The van der Waals surface area contributed by atoms with Crippen molar-refractivity contribution in [3.8, 4) is 11.8 Å². The molecule has 1 unspecified atom stereocenters. The Morgan fingerprint density at radius 1 is 1.53 bits per heavy atom. The van der Waals surface area contributed by atoms with Crippen LogP contribution in [-0.4, -0.2) is 19.7 Å². The molecular formula is C10H10F2N2O. The summed E-state index contributed by atoms with van der Waals surface area (Å²) >= 11 is 0. The third-order valence-corrected chi connectivity index (χ3v) is 1.80. The Hall–Kier alpha value is -1.67. The van der Waals surface area contributed by atoms with E-state index in [1.165, 1.54) is 6.07 Å². The zero-order valence-corrected chi connectivity index (χ0v) is 8.13. The van der Waals surface area contributed by atoms with Gasteiger partial charge in [0, 0.05) is 6.07 Å². The van der Waals surface area contributed by atoms with Crippen LogP contribution >= 0.6 is 0 Å². The van der Waals surface area contributed by atoms with Crippen molar-refractivity contribution in [3.05, 3.63) is 29.8 Å². The fourth-order valence-corrected chi connectivity index (χ4v) is 0.951. The van der Waals surface area contributed by atoms with Gasteiger partial charge in [0.25, 0.3) is 0 Å². The van der Waals surface area contributed by atoms with E-state index in [0.29, 0.717) is 0 Å². The average Bonchev–Trinajstić information content (AvgIpc) is 2.22. The Balaban J connectivity index is 2.62. The normalized spacial score (nSPS) is 11.9. The molecule has 1 aromatic rings. The van der Waals surface area contributed by atoms with Crippen molar-refractivity contribution in [2.24, 2.45) is 0 Å². The molecule has 0 fully saturated rings. The summed E-state index contributed by atoms with van der Waals surface area (Å²) in [7, 11) is 1.60. The fraction of sp³-hybridized carbons (Fsp3) is 0.300. The summed E-state index contributed by atoms with van der Waals surface area (Å²) in [5.74, 6) is -1.50. The molecule has 3 nitrogen and oxygen atoms in total. The van der Waals surface area contributed by atoms with E-state index >= 15 is 0 Å². The predicted molar refractivity (Wildman–Crippen MR) is 50.3 cm³/mol. The van der Waals surface area contributed by atoms with E-state index in [4.69, 9.17) is 10.00 Å². The summed E-state index contributed by atoms with van der Waals surface area (Å²) in [5.41, 5.74) is 0. The Morgan fingerprint density at radius 2 is 2.27 bits per heavy atom. The van der Waals surface area contributed by atoms with Gasteiger partial charge in [-0.05, 0) is 19.2 Å². The molecule has 0 spiro atoms. The van der Waals surface area contributed by atoms with E-state index in [2.05, 4.69) is 5.32 Å². The number of hydrogen-bond donors (Lipinski definition) is 1. The molecule has 80 valence electrons. The molecule has 0 saturated heterocycles. The van der Waals surface area contributed by atoms with Gasteiger partial charge in [-0.15, -0.1) is 0 Å². The molecular weight excluding hydrogens is 202 g/mol. The Morgan fingerprint density at radius 3 is 2.80 bits per heavy atom. The molecule has 0 amide bonds. The number of rotatable bonds is 4. The van der Waals surface area contributed by atoms with Gasteiger partial charge in [0.1, 0.15) is 18.5 Å². The number of hydrogen-bond acceptors (Lipinski definition) is 3. The van der Waals surface area contributed by atoms with Crippen molar-refractivity contribution in [3.63, 3.8) is 0 Å². The van der Waals surface area contributed by atoms with Crippen molar-refractivity contribution in [2.45, 2.75) is 6.04 Å². The quantitative estimate of drug-likeness (QED) is 0.821. The van der Waals surface area contributed by atoms with Crippen molar-refractivity contribution >= 4 is 0 Å². The van der Waals surface area contributed by atoms with E-state index in [1.807, 2.05) is 6.07 Å².